The smallest absolute Gasteiger partial charge is 0.232 e. The van der Waals surface area contributed by atoms with E-state index in [1.807, 2.05) is 15.9 Å². The van der Waals surface area contributed by atoms with Crippen LogP contribution in [0.4, 0.5) is 0 Å². The Kier molecular flexibility index (Phi) is 4.09. The molecular formula is C21H28N2O2. The molecule has 1 aromatic rings. The predicted molar refractivity (Wildman–Crippen MR) is 96.8 cm³/mol. The van der Waals surface area contributed by atoms with Crippen LogP contribution in [0.2, 0.25) is 0 Å². The highest BCUT2D eigenvalue weighted by Gasteiger charge is 2.62. The van der Waals surface area contributed by atoms with E-state index in [1.165, 1.54) is 12.0 Å². The molecule has 4 nitrogen and oxygen atoms in total. The fourth-order valence-corrected chi connectivity index (χ4v) is 4.87. The van der Waals surface area contributed by atoms with Gasteiger partial charge in [-0.2, -0.15) is 0 Å². The summed E-state index contributed by atoms with van der Waals surface area (Å²) >= 11 is 0. The number of rotatable bonds is 3. The maximum absolute atomic E-state index is 13.1. The van der Waals surface area contributed by atoms with Crippen LogP contribution >= 0.6 is 0 Å². The van der Waals surface area contributed by atoms with Crippen LogP contribution in [0, 0.1) is 11.3 Å². The lowest BCUT2D eigenvalue weighted by atomic mass is 9.61. The Hall–Kier alpha value is -1.84. The van der Waals surface area contributed by atoms with E-state index in [9.17, 15) is 9.59 Å². The van der Waals surface area contributed by atoms with Gasteiger partial charge < -0.3 is 9.80 Å². The van der Waals surface area contributed by atoms with E-state index >= 15 is 0 Å². The molecule has 1 aliphatic carbocycles. The average Bonchev–Trinajstić information content (AvgIpc) is 2.58. The summed E-state index contributed by atoms with van der Waals surface area (Å²) in [4.78, 5) is 29.7. The number of hydrogen-bond donors (Lipinski definition) is 0. The van der Waals surface area contributed by atoms with Gasteiger partial charge in [0.1, 0.15) is 0 Å². The van der Waals surface area contributed by atoms with Crippen LogP contribution in [0.3, 0.4) is 0 Å². The predicted octanol–water partition coefficient (Wildman–Crippen LogP) is 3.39. The average molecular weight is 340 g/mol. The van der Waals surface area contributed by atoms with E-state index in [4.69, 9.17) is 0 Å². The summed E-state index contributed by atoms with van der Waals surface area (Å²) in [7, 11) is 0. The molecule has 1 unspecified atom stereocenters. The number of likely N-dealkylation sites (tertiary alicyclic amines) is 2. The van der Waals surface area contributed by atoms with Crippen LogP contribution in [0.1, 0.15) is 57.6 Å². The van der Waals surface area contributed by atoms with Crippen molar-refractivity contribution in [3.05, 3.63) is 35.9 Å². The fraction of sp³-hybridized carbons (Fsp3) is 0.619. The van der Waals surface area contributed by atoms with Gasteiger partial charge in [0.15, 0.2) is 0 Å². The number of benzene rings is 1. The molecule has 4 rings (SSSR count). The van der Waals surface area contributed by atoms with Crippen LogP contribution in [0.5, 0.6) is 0 Å². The first-order chi connectivity index (χ1) is 12.0. The van der Waals surface area contributed by atoms with Crippen LogP contribution in [0.25, 0.3) is 0 Å². The van der Waals surface area contributed by atoms with E-state index < -0.39 is 0 Å². The first-order valence-corrected chi connectivity index (χ1v) is 9.71. The monoisotopic (exact) mass is 340 g/mol. The highest BCUT2D eigenvalue weighted by atomic mass is 16.2. The largest absolute Gasteiger partial charge is 0.342 e. The molecule has 3 aliphatic rings. The minimum atomic E-state index is -0.304. The van der Waals surface area contributed by atoms with Crippen molar-refractivity contribution in [3.63, 3.8) is 0 Å². The number of nitrogens with zero attached hydrogens (tertiary/aromatic N) is 2. The van der Waals surface area contributed by atoms with Gasteiger partial charge in [-0.25, -0.2) is 0 Å². The van der Waals surface area contributed by atoms with Crippen LogP contribution in [-0.2, 0) is 9.59 Å². The summed E-state index contributed by atoms with van der Waals surface area (Å²) in [5, 5.41) is 0. The van der Waals surface area contributed by atoms with Gasteiger partial charge in [0.05, 0.1) is 11.5 Å². The van der Waals surface area contributed by atoms with Gasteiger partial charge in [-0.1, -0.05) is 36.8 Å². The molecule has 1 atom stereocenters. The Balaban J connectivity index is 1.54. The molecule has 1 aromatic carbocycles. The Morgan fingerprint density at radius 1 is 1.12 bits per heavy atom. The fourth-order valence-electron chi connectivity index (χ4n) is 4.87. The zero-order valence-corrected chi connectivity index (χ0v) is 15.3. The number of β-lactam (4-membered cyclic amide) rings is 1. The minimum absolute atomic E-state index is 0.155. The van der Waals surface area contributed by atoms with Crippen molar-refractivity contribution in [2.75, 3.05) is 13.1 Å². The van der Waals surface area contributed by atoms with Crippen LogP contribution < -0.4 is 0 Å². The van der Waals surface area contributed by atoms with Crippen molar-refractivity contribution in [2.24, 2.45) is 11.3 Å². The van der Waals surface area contributed by atoms with Crippen molar-refractivity contribution >= 4 is 11.8 Å². The number of amides is 2. The summed E-state index contributed by atoms with van der Waals surface area (Å²) in [6.45, 7) is 5.65. The Morgan fingerprint density at radius 3 is 2.28 bits per heavy atom. The SMILES string of the molecule is CC(C)N1C(=O)C2(CCN(C(=O)C3CCC3)CC2)C1c1ccccc1. The molecule has 4 heteroatoms. The molecule has 2 aliphatic heterocycles. The van der Waals surface area contributed by atoms with E-state index in [2.05, 4.69) is 38.1 Å². The van der Waals surface area contributed by atoms with E-state index in [0.717, 1.165) is 38.8 Å². The standard InChI is InChI=1S/C21H28N2O2/c1-15(2)23-18(16-7-4-3-5-8-16)21(20(23)25)11-13-22(14-12-21)19(24)17-9-6-10-17/h3-5,7-8,15,17-18H,6,9-14H2,1-2H3. The summed E-state index contributed by atoms with van der Waals surface area (Å²) in [5.41, 5.74) is 0.928. The molecule has 134 valence electrons. The van der Waals surface area contributed by atoms with Crippen molar-refractivity contribution in [2.45, 2.75) is 58.0 Å². The second kappa shape index (κ2) is 6.15. The quantitative estimate of drug-likeness (QED) is 0.792. The van der Waals surface area contributed by atoms with Gasteiger partial charge in [0, 0.05) is 25.0 Å². The molecule has 25 heavy (non-hydrogen) atoms. The molecule has 2 saturated heterocycles. The zero-order valence-electron chi connectivity index (χ0n) is 15.3. The third-order valence-electron chi connectivity index (χ3n) is 6.56. The van der Waals surface area contributed by atoms with Gasteiger partial charge in [-0.05, 0) is 45.1 Å². The topological polar surface area (TPSA) is 40.6 Å². The first kappa shape index (κ1) is 16.6. The number of carbonyl (C=O) groups excluding carboxylic acids is 2. The van der Waals surface area contributed by atoms with Crippen molar-refractivity contribution in [1.29, 1.82) is 0 Å². The summed E-state index contributed by atoms with van der Waals surface area (Å²) in [5.74, 6) is 0.861. The first-order valence-electron chi connectivity index (χ1n) is 9.71. The Labute approximate surface area is 150 Å². The molecule has 1 saturated carbocycles. The molecule has 2 amide bonds. The molecule has 2 heterocycles. The third-order valence-corrected chi connectivity index (χ3v) is 6.56. The van der Waals surface area contributed by atoms with Gasteiger partial charge in [-0.15, -0.1) is 0 Å². The maximum atomic E-state index is 13.1. The van der Waals surface area contributed by atoms with E-state index in [1.54, 1.807) is 0 Å². The molecule has 0 bridgehead atoms. The van der Waals surface area contributed by atoms with Gasteiger partial charge in [0.25, 0.3) is 0 Å². The molecule has 0 aromatic heterocycles. The number of hydrogen-bond acceptors (Lipinski definition) is 2. The molecule has 1 spiro atoms. The number of carbonyl (C=O) groups is 2. The lowest BCUT2D eigenvalue weighted by molar-refractivity contribution is -0.186. The van der Waals surface area contributed by atoms with E-state index in [0.29, 0.717) is 5.91 Å². The maximum Gasteiger partial charge on any atom is 0.232 e. The minimum Gasteiger partial charge on any atom is -0.342 e. The molecular weight excluding hydrogens is 312 g/mol. The second-order valence-electron chi connectivity index (χ2n) is 8.23. The molecule has 0 radical (unpaired) electrons. The van der Waals surface area contributed by atoms with E-state index in [-0.39, 0.29) is 29.3 Å². The highest BCUT2D eigenvalue weighted by Crippen LogP contribution is 2.56. The van der Waals surface area contributed by atoms with Crippen molar-refractivity contribution < 1.29 is 9.59 Å². The lowest BCUT2D eigenvalue weighted by Crippen LogP contribution is -2.68. The highest BCUT2D eigenvalue weighted by molar-refractivity contribution is 5.91. The van der Waals surface area contributed by atoms with Crippen molar-refractivity contribution in [1.82, 2.24) is 9.80 Å². The summed E-state index contributed by atoms with van der Waals surface area (Å²) in [6, 6.07) is 10.8. The lowest BCUT2D eigenvalue weighted by Gasteiger charge is -2.60. The molecule has 3 fully saturated rings. The normalized spacial score (nSPS) is 25.9. The molecule has 0 N–H and O–H groups in total. The third kappa shape index (κ3) is 2.49. The Morgan fingerprint density at radius 2 is 1.76 bits per heavy atom. The van der Waals surface area contributed by atoms with Gasteiger partial charge in [-0.3, -0.25) is 9.59 Å². The van der Waals surface area contributed by atoms with Crippen LogP contribution in [0.15, 0.2) is 30.3 Å². The summed E-state index contributed by atoms with van der Waals surface area (Å²) < 4.78 is 0. The van der Waals surface area contributed by atoms with Crippen LogP contribution in [-0.4, -0.2) is 40.7 Å². The van der Waals surface area contributed by atoms with Gasteiger partial charge >= 0.3 is 0 Å². The number of piperidine rings is 1. The summed E-state index contributed by atoms with van der Waals surface area (Å²) in [6.07, 6.45) is 4.88. The zero-order chi connectivity index (χ0) is 17.6. The second-order valence-corrected chi connectivity index (χ2v) is 8.23. The Bertz CT molecular complexity index is 658. The van der Waals surface area contributed by atoms with Gasteiger partial charge in [0.2, 0.25) is 11.8 Å². The van der Waals surface area contributed by atoms with Crippen molar-refractivity contribution in [3.8, 4) is 0 Å².